The first-order valence-electron chi connectivity index (χ1n) is 5.03. The van der Waals surface area contributed by atoms with Crippen molar-refractivity contribution in [3.63, 3.8) is 0 Å². The topological polar surface area (TPSA) is 26.3 Å². The molecule has 1 aromatic carbocycles. The van der Waals surface area contributed by atoms with Crippen LogP contribution < -0.4 is 4.74 Å². The van der Waals surface area contributed by atoms with Gasteiger partial charge in [0.25, 0.3) is 0 Å². The summed E-state index contributed by atoms with van der Waals surface area (Å²) in [6, 6.07) is 5.44. The molecule has 0 unspecified atom stereocenters. The lowest BCUT2D eigenvalue weighted by Crippen LogP contribution is -2.07. The lowest BCUT2D eigenvalue weighted by molar-refractivity contribution is 0.112. The maximum absolute atomic E-state index is 10.6. The number of hydrogen-bond donors (Lipinski definition) is 0. The molecule has 2 heteroatoms. The molecule has 1 rings (SSSR count). The van der Waals surface area contributed by atoms with E-state index >= 15 is 0 Å². The second kappa shape index (κ2) is 5.35. The van der Waals surface area contributed by atoms with Crippen molar-refractivity contribution in [1.82, 2.24) is 0 Å². The molecular weight excluding hydrogens is 188 g/mol. The van der Waals surface area contributed by atoms with Gasteiger partial charge >= 0.3 is 0 Å². The van der Waals surface area contributed by atoms with Crippen molar-refractivity contribution in [3.05, 3.63) is 42.0 Å². The minimum atomic E-state index is 0.135. The molecule has 0 bridgehead atoms. The third-order valence-electron chi connectivity index (χ3n) is 1.95. The van der Waals surface area contributed by atoms with Gasteiger partial charge in [0.2, 0.25) is 0 Å². The fraction of sp³-hybridized carbons (Fsp3) is 0.308. The van der Waals surface area contributed by atoms with E-state index < -0.39 is 0 Å². The summed E-state index contributed by atoms with van der Waals surface area (Å²) in [5, 5.41) is 0. The monoisotopic (exact) mass is 204 g/mol. The Morgan fingerprint density at radius 2 is 2.20 bits per heavy atom. The summed E-state index contributed by atoms with van der Waals surface area (Å²) in [4.78, 5) is 10.6. The Bertz CT molecular complexity index is 354. The van der Waals surface area contributed by atoms with Gasteiger partial charge in [0.1, 0.15) is 12.0 Å². The molecule has 2 nitrogen and oxygen atoms in total. The molecule has 0 saturated carbocycles. The fourth-order valence-electron chi connectivity index (χ4n) is 1.36. The largest absolute Gasteiger partial charge is 0.491 e. The van der Waals surface area contributed by atoms with Crippen molar-refractivity contribution < 1.29 is 9.53 Å². The Kier molecular flexibility index (Phi) is 4.10. The normalized spacial score (nSPS) is 10.1. The highest BCUT2D eigenvalue weighted by molar-refractivity contribution is 5.75. The van der Waals surface area contributed by atoms with Crippen molar-refractivity contribution in [2.75, 3.05) is 0 Å². The van der Waals surface area contributed by atoms with Crippen LogP contribution in [0.1, 0.15) is 29.8 Å². The van der Waals surface area contributed by atoms with E-state index in [0.717, 1.165) is 17.6 Å². The smallest absolute Gasteiger partial charge is 0.150 e. The first-order valence-corrected chi connectivity index (χ1v) is 5.03. The first-order chi connectivity index (χ1) is 7.17. The number of hydrogen-bond acceptors (Lipinski definition) is 2. The van der Waals surface area contributed by atoms with Gasteiger partial charge in [0, 0.05) is 5.56 Å². The summed E-state index contributed by atoms with van der Waals surface area (Å²) in [7, 11) is 0. The number of carbonyl (C=O) groups excluding carboxylic acids is 1. The molecule has 0 aromatic heterocycles. The second-order valence-electron chi connectivity index (χ2n) is 3.64. The van der Waals surface area contributed by atoms with Gasteiger partial charge < -0.3 is 4.74 Å². The fourth-order valence-corrected chi connectivity index (χ4v) is 1.36. The second-order valence-corrected chi connectivity index (χ2v) is 3.64. The Hall–Kier alpha value is -1.57. The summed E-state index contributed by atoms with van der Waals surface area (Å²) in [6.45, 7) is 7.64. The van der Waals surface area contributed by atoms with E-state index in [-0.39, 0.29) is 6.10 Å². The van der Waals surface area contributed by atoms with E-state index in [4.69, 9.17) is 4.74 Å². The highest BCUT2D eigenvalue weighted by Crippen LogP contribution is 2.21. The highest BCUT2D eigenvalue weighted by atomic mass is 16.5. The lowest BCUT2D eigenvalue weighted by atomic mass is 10.1. The zero-order chi connectivity index (χ0) is 11.3. The molecule has 0 spiro atoms. The van der Waals surface area contributed by atoms with Gasteiger partial charge in [-0.3, -0.25) is 4.79 Å². The van der Waals surface area contributed by atoms with Crippen molar-refractivity contribution in [3.8, 4) is 5.75 Å². The van der Waals surface area contributed by atoms with E-state index in [0.29, 0.717) is 12.0 Å². The third kappa shape index (κ3) is 3.24. The summed E-state index contributed by atoms with van der Waals surface area (Å²) >= 11 is 0. The molecule has 0 saturated heterocycles. The van der Waals surface area contributed by atoms with E-state index in [1.54, 1.807) is 12.1 Å². The van der Waals surface area contributed by atoms with Crippen LogP contribution in [0.15, 0.2) is 30.9 Å². The predicted octanol–water partition coefficient (Wildman–Crippen LogP) is 3.01. The van der Waals surface area contributed by atoms with Crippen LogP contribution in [0.5, 0.6) is 5.75 Å². The van der Waals surface area contributed by atoms with Crippen LogP contribution in [0.3, 0.4) is 0 Å². The number of allylic oxidation sites excluding steroid dienone is 1. The highest BCUT2D eigenvalue weighted by Gasteiger charge is 2.05. The van der Waals surface area contributed by atoms with Crippen molar-refractivity contribution in [1.29, 1.82) is 0 Å². The van der Waals surface area contributed by atoms with Gasteiger partial charge in [0.05, 0.1) is 6.10 Å². The molecule has 80 valence electrons. The summed E-state index contributed by atoms with van der Waals surface area (Å²) < 4.78 is 5.63. The Morgan fingerprint density at radius 3 is 2.73 bits per heavy atom. The van der Waals surface area contributed by atoms with Crippen molar-refractivity contribution >= 4 is 6.29 Å². The van der Waals surface area contributed by atoms with Crippen LogP contribution in [0.4, 0.5) is 0 Å². The van der Waals surface area contributed by atoms with Gasteiger partial charge in [-0.25, -0.2) is 0 Å². The van der Waals surface area contributed by atoms with Crippen LogP contribution in [0.25, 0.3) is 0 Å². The molecule has 1 aromatic rings. The summed E-state index contributed by atoms with van der Waals surface area (Å²) in [5.74, 6) is 0.829. The van der Waals surface area contributed by atoms with Crippen LogP contribution in [0, 0.1) is 0 Å². The molecule has 0 N–H and O–H groups in total. The van der Waals surface area contributed by atoms with Gasteiger partial charge in [-0.05, 0) is 44.0 Å². The number of aldehydes is 1. The summed E-state index contributed by atoms with van der Waals surface area (Å²) in [5.41, 5.74) is 1.67. The maximum Gasteiger partial charge on any atom is 0.150 e. The van der Waals surface area contributed by atoms with Crippen LogP contribution in [-0.2, 0) is 6.42 Å². The van der Waals surface area contributed by atoms with Gasteiger partial charge in [-0.15, -0.1) is 6.58 Å². The zero-order valence-corrected chi connectivity index (χ0v) is 9.19. The van der Waals surface area contributed by atoms with Crippen LogP contribution in [0.2, 0.25) is 0 Å². The van der Waals surface area contributed by atoms with E-state index in [2.05, 4.69) is 6.58 Å². The van der Waals surface area contributed by atoms with Gasteiger partial charge in [-0.1, -0.05) is 6.08 Å². The van der Waals surface area contributed by atoms with Crippen LogP contribution in [-0.4, -0.2) is 12.4 Å². The standard InChI is InChI=1S/C13H16O2/c1-4-5-12-8-11(9-14)6-7-13(12)15-10(2)3/h4,6-10H,1,5H2,2-3H3. The SMILES string of the molecule is C=CCc1cc(C=O)ccc1OC(C)C. The number of carbonyl (C=O) groups is 1. The van der Waals surface area contributed by atoms with Crippen LogP contribution >= 0.6 is 0 Å². The lowest BCUT2D eigenvalue weighted by Gasteiger charge is -2.13. The van der Waals surface area contributed by atoms with E-state index in [1.165, 1.54) is 0 Å². The molecule has 0 heterocycles. The van der Waals surface area contributed by atoms with E-state index in [1.807, 2.05) is 26.0 Å². The Morgan fingerprint density at radius 1 is 1.47 bits per heavy atom. The zero-order valence-electron chi connectivity index (χ0n) is 9.19. The first kappa shape index (κ1) is 11.5. The third-order valence-corrected chi connectivity index (χ3v) is 1.95. The van der Waals surface area contributed by atoms with E-state index in [9.17, 15) is 4.79 Å². The van der Waals surface area contributed by atoms with Crippen molar-refractivity contribution in [2.45, 2.75) is 26.4 Å². The predicted molar refractivity (Wildman–Crippen MR) is 61.5 cm³/mol. The van der Waals surface area contributed by atoms with Gasteiger partial charge in [-0.2, -0.15) is 0 Å². The molecule has 0 aliphatic heterocycles. The molecule has 0 amide bonds. The number of ether oxygens (including phenoxy) is 1. The maximum atomic E-state index is 10.6. The average Bonchev–Trinajstić information content (AvgIpc) is 2.20. The van der Waals surface area contributed by atoms with Gasteiger partial charge in [0.15, 0.2) is 0 Å². The minimum Gasteiger partial charge on any atom is -0.491 e. The molecule has 0 aliphatic carbocycles. The minimum absolute atomic E-state index is 0.135. The molecule has 0 radical (unpaired) electrons. The average molecular weight is 204 g/mol. The molecule has 0 aliphatic rings. The Balaban J connectivity index is 3.02. The van der Waals surface area contributed by atoms with Crippen molar-refractivity contribution in [2.24, 2.45) is 0 Å². The molecule has 0 fully saturated rings. The quantitative estimate of drug-likeness (QED) is 0.544. The number of benzene rings is 1. The molecule has 15 heavy (non-hydrogen) atoms. The molecular formula is C13H16O2. The number of rotatable bonds is 5. The molecule has 0 atom stereocenters. The summed E-state index contributed by atoms with van der Waals surface area (Å²) in [6.07, 6.45) is 3.49. The Labute approximate surface area is 90.6 Å².